The van der Waals surface area contributed by atoms with Crippen LogP contribution in [0.15, 0.2) is 36.5 Å². The number of alkyl halides is 3. The lowest BCUT2D eigenvalue weighted by Gasteiger charge is -2.32. The summed E-state index contributed by atoms with van der Waals surface area (Å²) in [6, 6.07) is 7.48. The molecule has 0 radical (unpaired) electrons. The lowest BCUT2D eigenvalue weighted by atomic mass is 9.96. The van der Waals surface area contributed by atoms with Crippen LogP contribution in [0.3, 0.4) is 0 Å². The van der Waals surface area contributed by atoms with Gasteiger partial charge in [0.25, 0.3) is 5.91 Å². The summed E-state index contributed by atoms with van der Waals surface area (Å²) in [6.45, 7) is 5.37. The van der Waals surface area contributed by atoms with Crippen LogP contribution in [0.4, 0.5) is 13.2 Å². The second kappa shape index (κ2) is 9.43. The van der Waals surface area contributed by atoms with E-state index in [1.54, 1.807) is 24.3 Å². The van der Waals surface area contributed by atoms with Crippen LogP contribution < -0.4 is 5.32 Å². The lowest BCUT2D eigenvalue weighted by Crippen LogP contribution is -2.40. The van der Waals surface area contributed by atoms with Gasteiger partial charge in [0, 0.05) is 24.8 Å². The van der Waals surface area contributed by atoms with Gasteiger partial charge in [-0.1, -0.05) is 13.0 Å². The summed E-state index contributed by atoms with van der Waals surface area (Å²) < 4.78 is 39.3. The standard InChI is InChI=1S/C19H23F3N4O.ClH/c1-2-23-13-14-6-9-25(10-7-14)18(27)15-4-3-5-16(12-15)26-11-8-17(24-26)19(20,21)22;/h3-5,8,11-12,14,23H,2,6-7,9-10,13H2,1H3;1H. The molecule has 1 aromatic carbocycles. The number of benzene rings is 1. The van der Waals surface area contributed by atoms with Crippen molar-refractivity contribution in [3.63, 3.8) is 0 Å². The molecule has 1 aliphatic heterocycles. The normalized spacial score (nSPS) is 15.4. The fraction of sp³-hybridized carbons (Fsp3) is 0.474. The maximum atomic E-state index is 12.8. The minimum atomic E-state index is -4.49. The second-order valence-electron chi connectivity index (χ2n) is 6.74. The number of nitrogens with one attached hydrogen (secondary N) is 1. The molecule has 0 bridgehead atoms. The predicted octanol–water partition coefficient (Wildman–Crippen LogP) is 3.77. The third-order valence-electron chi connectivity index (χ3n) is 4.82. The Hall–Kier alpha value is -2.06. The molecular formula is C19H24ClF3N4O. The van der Waals surface area contributed by atoms with E-state index in [-0.39, 0.29) is 18.3 Å². The zero-order valence-electron chi connectivity index (χ0n) is 15.6. The maximum absolute atomic E-state index is 12.8. The van der Waals surface area contributed by atoms with E-state index in [1.165, 1.54) is 6.20 Å². The van der Waals surface area contributed by atoms with Crippen molar-refractivity contribution in [2.75, 3.05) is 26.2 Å². The molecule has 154 valence electrons. The highest BCUT2D eigenvalue weighted by Gasteiger charge is 2.33. The molecule has 0 spiro atoms. The molecule has 1 aromatic heterocycles. The summed E-state index contributed by atoms with van der Waals surface area (Å²) in [7, 11) is 0. The number of carbonyl (C=O) groups excluding carboxylic acids is 1. The minimum absolute atomic E-state index is 0. The number of rotatable bonds is 5. The zero-order chi connectivity index (χ0) is 19.4. The predicted molar refractivity (Wildman–Crippen MR) is 103 cm³/mol. The molecule has 2 aromatic rings. The first kappa shape index (κ1) is 22.2. The molecule has 1 aliphatic rings. The summed E-state index contributed by atoms with van der Waals surface area (Å²) in [6.07, 6.45) is -1.34. The van der Waals surface area contributed by atoms with Crippen LogP contribution in [0.2, 0.25) is 0 Å². The third kappa shape index (κ3) is 5.26. The van der Waals surface area contributed by atoms with Crippen molar-refractivity contribution in [2.24, 2.45) is 5.92 Å². The van der Waals surface area contributed by atoms with E-state index in [9.17, 15) is 18.0 Å². The van der Waals surface area contributed by atoms with E-state index in [4.69, 9.17) is 0 Å². The van der Waals surface area contributed by atoms with Crippen LogP contribution in [0, 0.1) is 5.92 Å². The van der Waals surface area contributed by atoms with Crippen LogP contribution in [-0.4, -0.2) is 46.8 Å². The Bertz CT molecular complexity index is 785. The fourth-order valence-electron chi connectivity index (χ4n) is 3.27. The zero-order valence-corrected chi connectivity index (χ0v) is 16.4. The number of nitrogens with zero attached hydrogens (tertiary/aromatic N) is 3. The lowest BCUT2D eigenvalue weighted by molar-refractivity contribution is -0.141. The van der Waals surface area contributed by atoms with E-state index < -0.39 is 11.9 Å². The molecule has 0 atom stereocenters. The van der Waals surface area contributed by atoms with Crippen LogP contribution in [0.5, 0.6) is 0 Å². The molecule has 1 N–H and O–H groups in total. The number of likely N-dealkylation sites (tertiary alicyclic amines) is 1. The summed E-state index contributed by atoms with van der Waals surface area (Å²) in [5.41, 5.74) is -0.0675. The van der Waals surface area contributed by atoms with E-state index in [0.717, 1.165) is 36.7 Å². The Morgan fingerprint density at radius 2 is 1.96 bits per heavy atom. The molecule has 0 aliphatic carbocycles. The summed E-state index contributed by atoms with van der Waals surface area (Å²) in [4.78, 5) is 14.6. The van der Waals surface area contributed by atoms with Gasteiger partial charge in [0.15, 0.2) is 5.69 Å². The minimum Gasteiger partial charge on any atom is -0.339 e. The van der Waals surface area contributed by atoms with Crippen molar-refractivity contribution >= 4 is 18.3 Å². The van der Waals surface area contributed by atoms with Gasteiger partial charge in [-0.05, 0) is 56.1 Å². The molecule has 0 saturated carbocycles. The highest BCUT2D eigenvalue weighted by atomic mass is 35.5. The number of hydrogen-bond acceptors (Lipinski definition) is 3. The number of aromatic nitrogens is 2. The number of hydrogen-bond donors (Lipinski definition) is 1. The van der Waals surface area contributed by atoms with Gasteiger partial charge >= 0.3 is 6.18 Å². The first-order chi connectivity index (χ1) is 12.9. The second-order valence-corrected chi connectivity index (χ2v) is 6.74. The molecule has 3 rings (SSSR count). The van der Waals surface area contributed by atoms with Crippen molar-refractivity contribution in [3.8, 4) is 5.69 Å². The molecule has 1 saturated heterocycles. The van der Waals surface area contributed by atoms with E-state index >= 15 is 0 Å². The molecule has 5 nitrogen and oxygen atoms in total. The smallest absolute Gasteiger partial charge is 0.339 e. The first-order valence-electron chi connectivity index (χ1n) is 9.11. The number of piperidine rings is 1. The van der Waals surface area contributed by atoms with Gasteiger partial charge in [-0.2, -0.15) is 18.3 Å². The Morgan fingerprint density at radius 3 is 2.57 bits per heavy atom. The molecule has 9 heteroatoms. The fourth-order valence-corrected chi connectivity index (χ4v) is 3.27. The largest absolute Gasteiger partial charge is 0.435 e. The quantitative estimate of drug-likeness (QED) is 0.807. The van der Waals surface area contributed by atoms with Crippen molar-refractivity contribution < 1.29 is 18.0 Å². The van der Waals surface area contributed by atoms with E-state index in [2.05, 4.69) is 17.3 Å². The van der Waals surface area contributed by atoms with Crippen LogP contribution in [0.1, 0.15) is 35.8 Å². The molecule has 1 amide bonds. The van der Waals surface area contributed by atoms with Gasteiger partial charge in [-0.25, -0.2) is 4.68 Å². The number of carbonyl (C=O) groups is 1. The Kier molecular flexibility index (Phi) is 7.48. The molecule has 0 unspecified atom stereocenters. The molecule has 28 heavy (non-hydrogen) atoms. The van der Waals surface area contributed by atoms with Gasteiger partial charge in [0.2, 0.25) is 0 Å². The van der Waals surface area contributed by atoms with Crippen molar-refractivity contribution in [2.45, 2.75) is 25.9 Å². The average molecular weight is 417 g/mol. The highest BCUT2D eigenvalue weighted by Crippen LogP contribution is 2.28. The van der Waals surface area contributed by atoms with Crippen LogP contribution >= 0.6 is 12.4 Å². The third-order valence-corrected chi connectivity index (χ3v) is 4.82. The summed E-state index contributed by atoms with van der Waals surface area (Å²) in [5.74, 6) is 0.479. The van der Waals surface area contributed by atoms with Gasteiger partial charge in [-0.15, -0.1) is 12.4 Å². The van der Waals surface area contributed by atoms with Gasteiger partial charge < -0.3 is 10.2 Å². The molecule has 2 heterocycles. The molecular weight excluding hydrogens is 393 g/mol. The highest BCUT2D eigenvalue weighted by molar-refractivity contribution is 5.94. The van der Waals surface area contributed by atoms with Crippen LogP contribution in [0.25, 0.3) is 5.69 Å². The Morgan fingerprint density at radius 1 is 1.25 bits per heavy atom. The van der Waals surface area contributed by atoms with Gasteiger partial charge in [0.1, 0.15) is 0 Å². The van der Waals surface area contributed by atoms with Crippen molar-refractivity contribution in [1.82, 2.24) is 20.0 Å². The first-order valence-corrected chi connectivity index (χ1v) is 9.11. The van der Waals surface area contributed by atoms with Crippen molar-refractivity contribution in [3.05, 3.63) is 47.8 Å². The molecule has 1 fully saturated rings. The van der Waals surface area contributed by atoms with E-state index in [1.807, 2.05) is 4.90 Å². The Balaban J connectivity index is 0.00000280. The number of halogens is 4. The average Bonchev–Trinajstić information content (AvgIpc) is 3.17. The summed E-state index contributed by atoms with van der Waals surface area (Å²) in [5, 5.41) is 6.90. The van der Waals surface area contributed by atoms with Crippen LogP contribution in [-0.2, 0) is 6.18 Å². The van der Waals surface area contributed by atoms with Crippen molar-refractivity contribution in [1.29, 1.82) is 0 Å². The Labute approximate surface area is 168 Å². The SMILES string of the molecule is CCNCC1CCN(C(=O)c2cccc(-n3ccc(C(F)(F)F)n3)c2)CC1.Cl. The maximum Gasteiger partial charge on any atom is 0.435 e. The van der Waals surface area contributed by atoms with Gasteiger partial charge in [0.05, 0.1) is 5.69 Å². The summed E-state index contributed by atoms with van der Waals surface area (Å²) >= 11 is 0. The monoisotopic (exact) mass is 416 g/mol. The number of amides is 1. The topological polar surface area (TPSA) is 50.2 Å². The van der Waals surface area contributed by atoms with E-state index in [0.29, 0.717) is 30.3 Å². The van der Waals surface area contributed by atoms with Gasteiger partial charge in [-0.3, -0.25) is 4.79 Å².